The van der Waals surface area contributed by atoms with Crippen LogP contribution in [0.4, 0.5) is 0 Å². The van der Waals surface area contributed by atoms with Crippen molar-refractivity contribution in [1.29, 1.82) is 0 Å². The van der Waals surface area contributed by atoms with Gasteiger partial charge >= 0.3 is 0 Å². The Morgan fingerprint density at radius 2 is 2.00 bits per heavy atom. The first-order valence-corrected chi connectivity index (χ1v) is 6.11. The predicted molar refractivity (Wildman–Crippen MR) is 68.1 cm³/mol. The Hall–Kier alpha value is 0.0500. The van der Waals surface area contributed by atoms with Crippen molar-refractivity contribution in [1.82, 2.24) is 4.90 Å². The summed E-state index contributed by atoms with van der Waals surface area (Å²) in [7, 11) is 2.05. The number of benzene rings is 1. The van der Waals surface area contributed by atoms with E-state index in [1.807, 2.05) is 12.1 Å². The molecule has 0 heterocycles. The van der Waals surface area contributed by atoms with E-state index in [9.17, 15) is 0 Å². The molecule has 0 atom stereocenters. The van der Waals surface area contributed by atoms with Crippen molar-refractivity contribution in [2.24, 2.45) is 0 Å². The Morgan fingerprint density at radius 3 is 2.60 bits per heavy atom. The van der Waals surface area contributed by atoms with Gasteiger partial charge in [0.05, 0.1) is 0 Å². The highest BCUT2D eigenvalue weighted by Gasteiger charge is 2.04. The lowest BCUT2D eigenvalue weighted by atomic mass is 10.2. The topological polar surface area (TPSA) is 3.24 Å². The number of rotatable bonds is 5. The van der Waals surface area contributed by atoms with Gasteiger partial charge in [0.2, 0.25) is 0 Å². The minimum atomic E-state index is 0.673. The smallest absolute Gasteiger partial charge is 0.0465 e. The minimum Gasteiger partial charge on any atom is -0.302 e. The van der Waals surface area contributed by atoms with Crippen molar-refractivity contribution in [3.8, 4) is 0 Å². The summed E-state index contributed by atoms with van der Waals surface area (Å²) in [6.45, 7) is 1.80. The van der Waals surface area contributed by atoms with Crippen molar-refractivity contribution < 1.29 is 0 Å². The molecule has 4 heteroatoms. The summed E-state index contributed by atoms with van der Waals surface area (Å²) in [5, 5.41) is 1.40. The first kappa shape index (κ1) is 13.1. The van der Waals surface area contributed by atoms with Gasteiger partial charge in [0.1, 0.15) is 0 Å². The predicted octanol–water partition coefficient (Wildman–Crippen LogP) is 4.05. The largest absolute Gasteiger partial charge is 0.302 e. The minimum absolute atomic E-state index is 0.673. The molecular formula is C11H14Cl3N. The van der Waals surface area contributed by atoms with E-state index in [1.165, 1.54) is 0 Å². The molecule has 0 radical (unpaired) electrons. The molecule has 1 aromatic rings. The Labute approximate surface area is 106 Å². The van der Waals surface area contributed by atoms with Gasteiger partial charge < -0.3 is 4.90 Å². The standard InChI is InChI=1S/C11H14Cl3N/c1-15(6-2-5-12)8-9-3-4-10(13)7-11(9)14/h3-4,7H,2,5-6,8H2,1H3. The van der Waals surface area contributed by atoms with E-state index < -0.39 is 0 Å². The lowest BCUT2D eigenvalue weighted by Crippen LogP contribution is -2.19. The van der Waals surface area contributed by atoms with E-state index in [1.54, 1.807) is 6.07 Å². The van der Waals surface area contributed by atoms with E-state index in [0.717, 1.165) is 30.1 Å². The second-order valence-electron chi connectivity index (χ2n) is 3.52. The fourth-order valence-electron chi connectivity index (χ4n) is 1.35. The molecule has 15 heavy (non-hydrogen) atoms. The summed E-state index contributed by atoms with van der Waals surface area (Å²) >= 11 is 17.5. The first-order chi connectivity index (χ1) is 7.13. The van der Waals surface area contributed by atoms with E-state index >= 15 is 0 Å². The highest BCUT2D eigenvalue weighted by Crippen LogP contribution is 2.21. The number of halogens is 3. The Balaban J connectivity index is 2.56. The zero-order valence-electron chi connectivity index (χ0n) is 8.64. The normalized spacial score (nSPS) is 11.0. The number of hydrogen-bond acceptors (Lipinski definition) is 1. The van der Waals surface area contributed by atoms with Gasteiger partial charge in [-0.15, -0.1) is 11.6 Å². The van der Waals surface area contributed by atoms with Crippen molar-refractivity contribution in [2.45, 2.75) is 13.0 Å². The Bertz CT molecular complexity index is 315. The second-order valence-corrected chi connectivity index (χ2v) is 4.74. The molecule has 0 N–H and O–H groups in total. The fraction of sp³-hybridized carbons (Fsp3) is 0.455. The Morgan fingerprint density at radius 1 is 1.27 bits per heavy atom. The SMILES string of the molecule is CN(CCCCl)Cc1ccc(Cl)cc1Cl. The molecule has 0 aromatic heterocycles. The number of nitrogens with zero attached hydrogens (tertiary/aromatic N) is 1. The van der Waals surface area contributed by atoms with Crippen LogP contribution >= 0.6 is 34.8 Å². The molecule has 0 saturated carbocycles. The van der Waals surface area contributed by atoms with Crippen LogP contribution in [0.15, 0.2) is 18.2 Å². The quantitative estimate of drug-likeness (QED) is 0.727. The van der Waals surface area contributed by atoms with Gasteiger partial charge in [-0.3, -0.25) is 0 Å². The lowest BCUT2D eigenvalue weighted by molar-refractivity contribution is 0.328. The summed E-state index contributed by atoms with van der Waals surface area (Å²) < 4.78 is 0. The molecular weight excluding hydrogens is 252 g/mol. The van der Waals surface area contributed by atoms with Gasteiger partial charge in [-0.2, -0.15) is 0 Å². The molecule has 0 aliphatic carbocycles. The summed E-state index contributed by atoms with van der Waals surface area (Å²) in [4.78, 5) is 2.19. The van der Waals surface area contributed by atoms with E-state index in [4.69, 9.17) is 34.8 Å². The number of alkyl halides is 1. The Kier molecular flexibility index (Phi) is 5.77. The highest BCUT2D eigenvalue weighted by molar-refractivity contribution is 6.35. The third-order valence-corrected chi connectivity index (χ3v) is 2.98. The average molecular weight is 267 g/mol. The van der Waals surface area contributed by atoms with Gasteiger partial charge in [0.25, 0.3) is 0 Å². The molecule has 84 valence electrons. The highest BCUT2D eigenvalue weighted by atomic mass is 35.5. The van der Waals surface area contributed by atoms with E-state index in [2.05, 4.69) is 11.9 Å². The van der Waals surface area contributed by atoms with Crippen molar-refractivity contribution in [2.75, 3.05) is 19.5 Å². The van der Waals surface area contributed by atoms with Gasteiger partial charge in [0.15, 0.2) is 0 Å². The maximum absolute atomic E-state index is 6.07. The van der Waals surface area contributed by atoms with Crippen molar-refractivity contribution in [3.63, 3.8) is 0 Å². The summed E-state index contributed by atoms with van der Waals surface area (Å²) in [5.74, 6) is 0.693. The zero-order valence-corrected chi connectivity index (χ0v) is 10.9. The van der Waals surface area contributed by atoms with Gasteiger partial charge in [0, 0.05) is 22.5 Å². The van der Waals surface area contributed by atoms with Crippen LogP contribution in [-0.2, 0) is 6.54 Å². The molecule has 0 saturated heterocycles. The molecule has 1 rings (SSSR count). The van der Waals surface area contributed by atoms with Crippen LogP contribution in [0.3, 0.4) is 0 Å². The van der Waals surface area contributed by atoms with Crippen LogP contribution in [0.1, 0.15) is 12.0 Å². The van der Waals surface area contributed by atoms with Gasteiger partial charge in [-0.1, -0.05) is 29.3 Å². The maximum Gasteiger partial charge on any atom is 0.0465 e. The zero-order chi connectivity index (χ0) is 11.3. The second kappa shape index (κ2) is 6.59. The number of hydrogen-bond donors (Lipinski definition) is 0. The van der Waals surface area contributed by atoms with Crippen molar-refractivity contribution in [3.05, 3.63) is 33.8 Å². The summed E-state index contributed by atoms with van der Waals surface area (Å²) in [5.41, 5.74) is 1.10. The molecule has 0 amide bonds. The maximum atomic E-state index is 6.07. The molecule has 0 fully saturated rings. The molecule has 0 aliphatic heterocycles. The summed E-state index contributed by atoms with van der Waals surface area (Å²) in [6.07, 6.45) is 0.989. The van der Waals surface area contributed by atoms with Gasteiger partial charge in [-0.05, 0) is 37.7 Å². The van der Waals surface area contributed by atoms with Crippen LogP contribution < -0.4 is 0 Å². The molecule has 0 bridgehead atoms. The third-order valence-electron chi connectivity index (χ3n) is 2.13. The van der Waals surface area contributed by atoms with E-state index in [-0.39, 0.29) is 0 Å². The molecule has 1 aromatic carbocycles. The molecule has 0 unspecified atom stereocenters. The summed E-state index contributed by atoms with van der Waals surface area (Å²) in [6, 6.07) is 5.59. The van der Waals surface area contributed by atoms with Crippen LogP contribution in [0, 0.1) is 0 Å². The lowest BCUT2D eigenvalue weighted by Gasteiger charge is -2.16. The van der Waals surface area contributed by atoms with Crippen molar-refractivity contribution >= 4 is 34.8 Å². The average Bonchev–Trinajstić information content (AvgIpc) is 2.19. The monoisotopic (exact) mass is 265 g/mol. The molecule has 1 nitrogen and oxygen atoms in total. The van der Waals surface area contributed by atoms with Crippen LogP contribution in [0.25, 0.3) is 0 Å². The first-order valence-electron chi connectivity index (χ1n) is 4.82. The molecule has 0 aliphatic rings. The fourth-order valence-corrected chi connectivity index (χ4v) is 1.94. The van der Waals surface area contributed by atoms with Crippen LogP contribution in [0.5, 0.6) is 0 Å². The molecule has 0 spiro atoms. The van der Waals surface area contributed by atoms with E-state index in [0.29, 0.717) is 10.9 Å². The van der Waals surface area contributed by atoms with Crippen LogP contribution in [0.2, 0.25) is 10.0 Å². The van der Waals surface area contributed by atoms with Crippen LogP contribution in [-0.4, -0.2) is 24.4 Å². The van der Waals surface area contributed by atoms with Gasteiger partial charge in [-0.25, -0.2) is 0 Å². The third kappa shape index (κ3) is 4.60.